The normalized spacial score (nSPS) is 12.3. The van der Waals surface area contributed by atoms with E-state index in [9.17, 15) is 4.79 Å². The van der Waals surface area contributed by atoms with Gasteiger partial charge >= 0.3 is 0 Å². The summed E-state index contributed by atoms with van der Waals surface area (Å²) < 4.78 is 0. The molecule has 0 unspecified atom stereocenters. The van der Waals surface area contributed by atoms with Gasteiger partial charge in [0.05, 0.1) is 0 Å². The van der Waals surface area contributed by atoms with Crippen molar-refractivity contribution >= 4 is 5.91 Å². The first-order valence-corrected chi connectivity index (χ1v) is 7.26. The van der Waals surface area contributed by atoms with E-state index in [0.717, 1.165) is 25.9 Å². The Kier molecular flexibility index (Phi) is 7.73. The fourth-order valence-corrected chi connectivity index (χ4v) is 1.79. The van der Waals surface area contributed by atoms with Crippen LogP contribution in [0.1, 0.15) is 61.3 Å². The van der Waals surface area contributed by atoms with Crippen molar-refractivity contribution in [3.63, 3.8) is 0 Å². The molecule has 0 fully saturated rings. The minimum absolute atomic E-state index is 0.225. The molecule has 0 aromatic rings. The number of carbonyl (C=O) groups is 1. The Hall–Kier alpha value is -1.05. The molecule has 0 radical (unpaired) electrons. The van der Waals surface area contributed by atoms with E-state index in [4.69, 9.17) is 0 Å². The van der Waals surface area contributed by atoms with E-state index in [-0.39, 0.29) is 11.3 Å². The fourth-order valence-electron chi connectivity index (χ4n) is 1.79. The monoisotopic (exact) mass is 265 g/mol. The summed E-state index contributed by atoms with van der Waals surface area (Å²) in [6, 6.07) is 0. The maximum Gasteiger partial charge on any atom is 0.228 e. The zero-order valence-corrected chi connectivity index (χ0v) is 13.8. The molecule has 0 aliphatic carbocycles. The first-order chi connectivity index (χ1) is 8.68. The van der Waals surface area contributed by atoms with Gasteiger partial charge in [-0.05, 0) is 40.5 Å². The Morgan fingerprint density at radius 2 is 1.68 bits per heavy atom. The minimum atomic E-state index is -0.292. The third kappa shape index (κ3) is 7.86. The molecule has 110 valence electrons. The summed E-state index contributed by atoms with van der Waals surface area (Å²) in [5.41, 5.74) is 2.43. The van der Waals surface area contributed by atoms with E-state index in [1.807, 2.05) is 32.6 Å². The van der Waals surface area contributed by atoms with Crippen LogP contribution in [0.2, 0.25) is 0 Å². The molecule has 0 N–H and O–H groups in total. The molecule has 0 atom stereocenters. The second-order valence-electron chi connectivity index (χ2n) is 6.46. The summed E-state index contributed by atoms with van der Waals surface area (Å²) in [6.07, 6.45) is 6.61. The van der Waals surface area contributed by atoms with Gasteiger partial charge in [-0.15, -0.1) is 0 Å². The molecule has 0 aromatic carbocycles. The van der Waals surface area contributed by atoms with Gasteiger partial charge in [-0.1, -0.05) is 44.1 Å². The number of likely N-dealkylation sites (N-methyl/N-ethyl adjacent to an activating group) is 1. The van der Waals surface area contributed by atoms with Crippen LogP contribution in [0.5, 0.6) is 0 Å². The fraction of sp³-hybridized carbons (Fsp3) is 0.706. The number of carbonyl (C=O) groups excluding carboxylic acids is 1. The predicted octanol–water partition coefficient (Wildman–Crippen LogP) is 4.57. The maximum atomic E-state index is 12.2. The van der Waals surface area contributed by atoms with Crippen LogP contribution in [-0.4, -0.2) is 23.9 Å². The van der Waals surface area contributed by atoms with Crippen molar-refractivity contribution in [2.24, 2.45) is 5.41 Å². The lowest BCUT2D eigenvalue weighted by atomic mass is 9.94. The van der Waals surface area contributed by atoms with Crippen LogP contribution in [0.3, 0.4) is 0 Å². The van der Waals surface area contributed by atoms with Crippen molar-refractivity contribution in [3.8, 4) is 0 Å². The Bertz CT molecular complexity index is 341. The standard InChI is InChI=1S/C17H31NO/c1-8-18(16(19)17(5,6)7)13-12-15(4)11-9-10-14(2)3/h10,12H,8-9,11,13H2,1-7H3/b15-12-. The predicted molar refractivity (Wildman–Crippen MR) is 84.1 cm³/mol. The van der Waals surface area contributed by atoms with Crippen LogP contribution in [0.25, 0.3) is 0 Å². The number of allylic oxidation sites excluding steroid dienone is 3. The summed E-state index contributed by atoms with van der Waals surface area (Å²) in [7, 11) is 0. The molecule has 0 rings (SSSR count). The molecule has 0 aromatic heterocycles. The summed E-state index contributed by atoms with van der Waals surface area (Å²) >= 11 is 0. The van der Waals surface area contributed by atoms with Crippen LogP contribution in [0.4, 0.5) is 0 Å². The van der Waals surface area contributed by atoms with Gasteiger partial charge in [0.1, 0.15) is 0 Å². The second-order valence-corrected chi connectivity index (χ2v) is 6.46. The lowest BCUT2D eigenvalue weighted by Gasteiger charge is -2.27. The molecule has 0 aliphatic heterocycles. The zero-order chi connectivity index (χ0) is 15.1. The van der Waals surface area contributed by atoms with Crippen molar-refractivity contribution in [3.05, 3.63) is 23.3 Å². The van der Waals surface area contributed by atoms with E-state index in [1.165, 1.54) is 11.1 Å². The van der Waals surface area contributed by atoms with Crippen LogP contribution >= 0.6 is 0 Å². The quantitative estimate of drug-likeness (QED) is 0.644. The van der Waals surface area contributed by atoms with Gasteiger partial charge in [0.25, 0.3) is 0 Å². The number of hydrogen-bond acceptors (Lipinski definition) is 1. The largest absolute Gasteiger partial charge is 0.339 e. The highest BCUT2D eigenvalue weighted by Crippen LogP contribution is 2.17. The topological polar surface area (TPSA) is 20.3 Å². The molecule has 0 heterocycles. The number of nitrogens with zero attached hydrogens (tertiary/aromatic N) is 1. The third-order valence-electron chi connectivity index (χ3n) is 3.06. The molecule has 0 saturated carbocycles. The van der Waals surface area contributed by atoms with E-state index in [2.05, 4.69) is 32.9 Å². The molecule has 0 saturated heterocycles. The lowest BCUT2D eigenvalue weighted by Crippen LogP contribution is -2.39. The molecule has 0 spiro atoms. The highest BCUT2D eigenvalue weighted by Gasteiger charge is 2.25. The number of hydrogen-bond donors (Lipinski definition) is 0. The van der Waals surface area contributed by atoms with Crippen LogP contribution in [0, 0.1) is 5.41 Å². The summed E-state index contributed by atoms with van der Waals surface area (Å²) in [5.74, 6) is 0.225. The van der Waals surface area contributed by atoms with Crippen molar-refractivity contribution in [2.45, 2.75) is 61.3 Å². The highest BCUT2D eigenvalue weighted by molar-refractivity contribution is 5.81. The van der Waals surface area contributed by atoms with Crippen LogP contribution in [0.15, 0.2) is 23.3 Å². The summed E-state index contributed by atoms with van der Waals surface area (Å²) in [5, 5.41) is 0. The van der Waals surface area contributed by atoms with E-state index in [1.54, 1.807) is 0 Å². The average molecular weight is 265 g/mol. The van der Waals surface area contributed by atoms with Crippen molar-refractivity contribution < 1.29 is 4.79 Å². The molecule has 2 heteroatoms. The third-order valence-corrected chi connectivity index (χ3v) is 3.06. The SMILES string of the molecule is CCN(C/C=C(/C)CCC=C(C)C)C(=O)C(C)(C)C. The summed E-state index contributed by atoms with van der Waals surface area (Å²) in [6.45, 7) is 15.9. The van der Waals surface area contributed by atoms with Crippen LogP contribution < -0.4 is 0 Å². The van der Waals surface area contributed by atoms with Crippen molar-refractivity contribution in [2.75, 3.05) is 13.1 Å². The Morgan fingerprint density at radius 3 is 2.11 bits per heavy atom. The summed E-state index contributed by atoms with van der Waals surface area (Å²) in [4.78, 5) is 14.1. The molecular weight excluding hydrogens is 234 g/mol. The number of amides is 1. The first-order valence-electron chi connectivity index (χ1n) is 7.26. The van der Waals surface area contributed by atoms with Gasteiger partial charge < -0.3 is 4.90 Å². The molecule has 19 heavy (non-hydrogen) atoms. The van der Waals surface area contributed by atoms with Crippen molar-refractivity contribution in [1.29, 1.82) is 0 Å². The van der Waals surface area contributed by atoms with Gasteiger partial charge in [-0.2, -0.15) is 0 Å². The molecule has 0 bridgehead atoms. The average Bonchev–Trinajstić information content (AvgIpc) is 2.27. The molecule has 0 aliphatic rings. The van der Waals surface area contributed by atoms with Crippen LogP contribution in [-0.2, 0) is 4.79 Å². The van der Waals surface area contributed by atoms with E-state index in [0.29, 0.717) is 0 Å². The first kappa shape index (κ1) is 17.9. The van der Waals surface area contributed by atoms with E-state index >= 15 is 0 Å². The number of rotatable bonds is 6. The highest BCUT2D eigenvalue weighted by atomic mass is 16.2. The molecule has 2 nitrogen and oxygen atoms in total. The van der Waals surface area contributed by atoms with Gasteiger partial charge in [0.2, 0.25) is 5.91 Å². The zero-order valence-electron chi connectivity index (χ0n) is 13.8. The maximum absolute atomic E-state index is 12.2. The van der Waals surface area contributed by atoms with E-state index < -0.39 is 0 Å². The Balaban J connectivity index is 4.41. The smallest absolute Gasteiger partial charge is 0.228 e. The van der Waals surface area contributed by atoms with Gasteiger partial charge in [-0.3, -0.25) is 4.79 Å². The second kappa shape index (κ2) is 8.19. The Labute approximate surface area is 119 Å². The Morgan fingerprint density at radius 1 is 1.11 bits per heavy atom. The molecular formula is C17H31NO. The van der Waals surface area contributed by atoms with Gasteiger partial charge in [0, 0.05) is 18.5 Å². The lowest BCUT2D eigenvalue weighted by molar-refractivity contribution is -0.138. The van der Waals surface area contributed by atoms with Gasteiger partial charge in [-0.25, -0.2) is 0 Å². The van der Waals surface area contributed by atoms with Crippen molar-refractivity contribution in [1.82, 2.24) is 4.90 Å². The van der Waals surface area contributed by atoms with Gasteiger partial charge in [0.15, 0.2) is 0 Å². The minimum Gasteiger partial charge on any atom is -0.339 e. The molecule has 1 amide bonds.